The van der Waals surface area contributed by atoms with Crippen molar-refractivity contribution in [1.29, 1.82) is 0 Å². The smallest absolute Gasteiger partial charge is 0.319 e. The molecule has 21 heavy (non-hydrogen) atoms. The van der Waals surface area contributed by atoms with E-state index in [-0.39, 0.29) is 10.7 Å². The minimum atomic E-state index is -4.90. The second-order valence-electron chi connectivity index (χ2n) is 3.95. The Kier molecular flexibility index (Phi) is 5.05. The Bertz CT molecular complexity index is 652. The van der Waals surface area contributed by atoms with Crippen LogP contribution in [-0.4, -0.2) is 32.9 Å². The fraction of sp³-hybridized carbons (Fsp3) is 0.300. The van der Waals surface area contributed by atoms with Gasteiger partial charge in [0.15, 0.2) is 0 Å². The Morgan fingerprint density at radius 2 is 1.90 bits per heavy atom. The number of carbonyl (C=O) groups excluding carboxylic acids is 1. The van der Waals surface area contributed by atoms with Gasteiger partial charge in [-0.05, 0) is 18.2 Å². The number of anilines is 2. The summed E-state index contributed by atoms with van der Waals surface area (Å²) in [6.07, 6.45) is -3.35. The quantitative estimate of drug-likeness (QED) is 0.803. The Labute approximate surface area is 122 Å². The maximum atomic E-state index is 12.8. The van der Waals surface area contributed by atoms with Crippen LogP contribution < -0.4 is 10.0 Å². The number of hydrogen-bond acceptors (Lipinski definition) is 3. The van der Waals surface area contributed by atoms with Crippen LogP contribution in [0.25, 0.3) is 0 Å². The second-order valence-corrected chi connectivity index (χ2v) is 6.10. The molecule has 0 spiro atoms. The third-order valence-corrected chi connectivity index (χ3v) is 3.03. The van der Waals surface area contributed by atoms with Gasteiger partial charge in [0.05, 0.1) is 22.7 Å². The van der Waals surface area contributed by atoms with Crippen molar-refractivity contribution in [2.75, 3.05) is 16.3 Å². The summed E-state index contributed by atoms with van der Waals surface area (Å²) < 4.78 is 73.7. The molecule has 0 unspecified atom stereocenters. The van der Waals surface area contributed by atoms with Crippen molar-refractivity contribution in [3.05, 3.63) is 23.2 Å². The summed E-state index contributed by atoms with van der Waals surface area (Å²) in [5.74, 6) is -7.15. The van der Waals surface area contributed by atoms with Gasteiger partial charge in [-0.25, -0.2) is 17.2 Å². The highest BCUT2D eigenvalue weighted by Crippen LogP contribution is 2.29. The number of alkyl halides is 4. The Morgan fingerprint density at radius 1 is 1.33 bits per heavy atom. The van der Waals surface area contributed by atoms with Crippen LogP contribution >= 0.6 is 11.6 Å². The molecule has 0 aromatic heterocycles. The van der Waals surface area contributed by atoms with Crippen LogP contribution in [0, 0.1) is 0 Å². The van der Waals surface area contributed by atoms with E-state index in [0.717, 1.165) is 18.4 Å². The summed E-state index contributed by atoms with van der Waals surface area (Å²) in [4.78, 5) is 11.1. The molecule has 118 valence electrons. The fourth-order valence-corrected chi connectivity index (χ4v) is 1.92. The molecule has 2 N–H and O–H groups in total. The summed E-state index contributed by atoms with van der Waals surface area (Å²) in [6, 6.07) is 3.22. The number of hydrogen-bond donors (Lipinski definition) is 2. The van der Waals surface area contributed by atoms with Gasteiger partial charge in [0.25, 0.3) is 0 Å². The maximum absolute atomic E-state index is 12.8. The molecule has 0 saturated heterocycles. The van der Waals surface area contributed by atoms with E-state index in [2.05, 4.69) is 0 Å². The molecule has 0 aliphatic rings. The number of amides is 1. The fourth-order valence-electron chi connectivity index (χ4n) is 1.20. The molecule has 0 aliphatic heterocycles. The second kappa shape index (κ2) is 6.06. The molecule has 0 atom stereocenters. The minimum absolute atomic E-state index is 0.0856. The van der Waals surface area contributed by atoms with Gasteiger partial charge in [-0.1, -0.05) is 11.6 Å². The molecule has 1 aromatic rings. The van der Waals surface area contributed by atoms with Crippen LogP contribution in [0.15, 0.2) is 18.2 Å². The van der Waals surface area contributed by atoms with Crippen LogP contribution in [0.1, 0.15) is 0 Å². The van der Waals surface area contributed by atoms with Crippen molar-refractivity contribution < 1.29 is 30.8 Å². The lowest BCUT2D eigenvalue weighted by Gasteiger charge is -2.16. The molecular weight excluding hydrogens is 340 g/mol. The first kappa shape index (κ1) is 17.5. The van der Waals surface area contributed by atoms with Gasteiger partial charge in [0.2, 0.25) is 10.0 Å². The van der Waals surface area contributed by atoms with Gasteiger partial charge in [0, 0.05) is 0 Å². The molecule has 1 aromatic carbocycles. The Hall–Kier alpha value is -1.55. The zero-order chi connectivity index (χ0) is 16.4. The molecule has 1 rings (SSSR count). The van der Waals surface area contributed by atoms with Gasteiger partial charge in [-0.3, -0.25) is 9.52 Å². The highest BCUT2D eigenvalue weighted by molar-refractivity contribution is 7.92. The Morgan fingerprint density at radius 3 is 2.38 bits per heavy atom. The molecule has 0 saturated carbocycles. The van der Waals surface area contributed by atoms with Crippen LogP contribution in [-0.2, 0) is 14.8 Å². The van der Waals surface area contributed by atoms with Crippen molar-refractivity contribution in [3.8, 4) is 0 Å². The summed E-state index contributed by atoms with van der Waals surface area (Å²) in [5.41, 5.74) is -0.520. The first-order valence-corrected chi connectivity index (χ1v) is 7.45. The van der Waals surface area contributed by atoms with E-state index < -0.39 is 34.0 Å². The molecule has 5 nitrogen and oxygen atoms in total. The van der Waals surface area contributed by atoms with E-state index in [1.54, 1.807) is 0 Å². The topological polar surface area (TPSA) is 75.3 Å². The lowest BCUT2D eigenvalue weighted by atomic mass is 10.2. The van der Waals surface area contributed by atoms with Crippen molar-refractivity contribution in [2.45, 2.75) is 12.3 Å². The van der Waals surface area contributed by atoms with E-state index in [0.29, 0.717) is 0 Å². The first-order chi connectivity index (χ1) is 9.43. The monoisotopic (exact) mass is 348 g/mol. The summed E-state index contributed by atoms with van der Waals surface area (Å²) >= 11 is 5.62. The lowest BCUT2D eigenvalue weighted by Crippen LogP contribution is -2.41. The van der Waals surface area contributed by atoms with Crippen LogP contribution in [0.4, 0.5) is 28.9 Å². The predicted molar refractivity (Wildman–Crippen MR) is 69.5 cm³/mol. The molecule has 11 heteroatoms. The van der Waals surface area contributed by atoms with Crippen LogP contribution in [0.5, 0.6) is 0 Å². The molecule has 0 heterocycles. The molecular formula is C10H9ClF4N2O3S. The van der Waals surface area contributed by atoms with Gasteiger partial charge in [0.1, 0.15) is 0 Å². The lowest BCUT2D eigenvalue weighted by molar-refractivity contribution is -0.163. The number of sulfonamides is 1. The summed E-state index contributed by atoms with van der Waals surface area (Å²) in [5, 5.41) is 1.29. The van der Waals surface area contributed by atoms with Gasteiger partial charge in [-0.15, -0.1) is 0 Å². The van der Waals surface area contributed by atoms with Crippen molar-refractivity contribution in [3.63, 3.8) is 0 Å². The molecule has 1 amide bonds. The normalized spacial score (nSPS) is 12.3. The first-order valence-electron chi connectivity index (χ1n) is 5.18. The van der Waals surface area contributed by atoms with Crippen molar-refractivity contribution in [2.24, 2.45) is 0 Å². The zero-order valence-corrected chi connectivity index (χ0v) is 11.9. The number of rotatable bonds is 5. The average Bonchev–Trinajstić information content (AvgIpc) is 2.31. The SMILES string of the molecule is CS(=O)(=O)Nc1ccc(Cl)c(NC(=O)C(F)(F)C(F)F)c1. The molecule has 0 fully saturated rings. The van der Waals surface area contributed by atoms with E-state index in [9.17, 15) is 30.8 Å². The molecule has 0 bridgehead atoms. The third kappa shape index (κ3) is 4.74. The number of carbonyl (C=O) groups is 1. The third-order valence-electron chi connectivity index (χ3n) is 2.09. The molecule has 0 aliphatic carbocycles. The summed E-state index contributed by atoms with van der Waals surface area (Å²) in [6.45, 7) is 0. The van der Waals surface area contributed by atoms with E-state index in [4.69, 9.17) is 11.6 Å². The van der Waals surface area contributed by atoms with E-state index in [1.165, 1.54) is 11.4 Å². The number of nitrogens with one attached hydrogen (secondary N) is 2. The van der Waals surface area contributed by atoms with E-state index in [1.807, 2.05) is 4.72 Å². The highest BCUT2D eigenvalue weighted by atomic mass is 35.5. The molecule has 0 radical (unpaired) electrons. The maximum Gasteiger partial charge on any atom is 0.383 e. The van der Waals surface area contributed by atoms with Gasteiger partial charge < -0.3 is 5.32 Å². The predicted octanol–water partition coefficient (Wildman–Crippen LogP) is 2.55. The van der Waals surface area contributed by atoms with Gasteiger partial charge in [-0.2, -0.15) is 8.78 Å². The van der Waals surface area contributed by atoms with E-state index >= 15 is 0 Å². The average molecular weight is 349 g/mol. The largest absolute Gasteiger partial charge is 0.383 e. The number of benzene rings is 1. The minimum Gasteiger partial charge on any atom is -0.319 e. The van der Waals surface area contributed by atoms with Crippen LogP contribution in [0.3, 0.4) is 0 Å². The zero-order valence-electron chi connectivity index (χ0n) is 10.3. The summed E-state index contributed by atoms with van der Waals surface area (Å²) in [7, 11) is -3.65. The highest BCUT2D eigenvalue weighted by Gasteiger charge is 2.49. The Balaban J connectivity index is 3.03. The van der Waals surface area contributed by atoms with Crippen molar-refractivity contribution >= 4 is 38.9 Å². The number of halogens is 5. The van der Waals surface area contributed by atoms with Crippen molar-refractivity contribution in [1.82, 2.24) is 0 Å². The standard InChI is InChI=1S/C10H9ClF4N2O3S/c1-21(19,20)17-5-2-3-6(11)7(4-5)16-9(18)10(14,15)8(12)13/h2-4,8,17H,1H3,(H,16,18). The van der Waals surface area contributed by atoms with Crippen LogP contribution in [0.2, 0.25) is 5.02 Å². The van der Waals surface area contributed by atoms with Gasteiger partial charge >= 0.3 is 18.3 Å².